The first-order valence-electron chi connectivity index (χ1n) is 6.47. The third kappa shape index (κ3) is 2.36. The Bertz CT molecular complexity index is 565. The molecule has 106 valence electrons. The number of imide groups is 1. The lowest BCUT2D eigenvalue weighted by Gasteiger charge is -2.27. The van der Waals surface area contributed by atoms with Crippen molar-refractivity contribution in [3.8, 4) is 0 Å². The fourth-order valence-corrected chi connectivity index (χ4v) is 2.63. The van der Waals surface area contributed by atoms with Crippen LogP contribution >= 0.6 is 0 Å². The summed E-state index contributed by atoms with van der Waals surface area (Å²) < 4.78 is 5.18. The highest BCUT2D eigenvalue weighted by molar-refractivity contribution is 6.18. The normalized spacial score (nSPS) is 17.6. The number of hydrogen-bond acceptors (Lipinski definition) is 4. The summed E-state index contributed by atoms with van der Waals surface area (Å²) in [5.74, 6) is -0.978. The number of nitrogens with zero attached hydrogens (tertiary/aromatic N) is 1. The highest BCUT2D eigenvalue weighted by Gasteiger charge is 2.32. The molecule has 0 spiro atoms. The molecule has 1 aliphatic carbocycles. The molecule has 0 aromatic heterocycles. The predicted molar refractivity (Wildman–Crippen MR) is 73.7 cm³/mol. The molecule has 0 aliphatic heterocycles. The Morgan fingerprint density at radius 3 is 2.45 bits per heavy atom. The van der Waals surface area contributed by atoms with Gasteiger partial charge in [0.25, 0.3) is 0 Å². The summed E-state index contributed by atoms with van der Waals surface area (Å²) in [5.41, 5.74) is 1.64. The summed E-state index contributed by atoms with van der Waals surface area (Å²) in [6, 6.07) is 5.23. The minimum absolute atomic E-state index is 0.170. The van der Waals surface area contributed by atoms with Gasteiger partial charge in [-0.2, -0.15) is 0 Å². The minimum atomic E-state index is -0.510. The maximum absolute atomic E-state index is 12.4. The van der Waals surface area contributed by atoms with Crippen LogP contribution in [-0.4, -0.2) is 30.8 Å². The van der Waals surface area contributed by atoms with Crippen LogP contribution in [0.15, 0.2) is 18.2 Å². The molecular weight excluding hydrogens is 258 g/mol. The molecule has 5 heteroatoms. The van der Waals surface area contributed by atoms with Crippen molar-refractivity contribution in [2.24, 2.45) is 0 Å². The lowest BCUT2D eigenvalue weighted by Crippen LogP contribution is -2.37. The third-order valence-electron chi connectivity index (χ3n) is 3.50. The van der Waals surface area contributed by atoms with Gasteiger partial charge in [-0.25, -0.2) is 0 Å². The average molecular weight is 275 g/mol. The zero-order chi connectivity index (χ0) is 14.9. The Labute approximate surface area is 117 Å². The number of ketones is 1. The summed E-state index contributed by atoms with van der Waals surface area (Å²) in [5, 5.41) is 0. The van der Waals surface area contributed by atoms with E-state index in [2.05, 4.69) is 0 Å². The zero-order valence-electron chi connectivity index (χ0n) is 11.8. The summed E-state index contributed by atoms with van der Waals surface area (Å²) in [7, 11) is 1.49. The molecule has 1 atom stereocenters. The molecule has 0 saturated heterocycles. The Morgan fingerprint density at radius 2 is 1.90 bits per heavy atom. The van der Waals surface area contributed by atoms with Gasteiger partial charge in [0.2, 0.25) is 11.8 Å². The van der Waals surface area contributed by atoms with E-state index < -0.39 is 17.9 Å². The summed E-state index contributed by atoms with van der Waals surface area (Å²) in [6.45, 7) is 2.61. The number of methoxy groups -OCH3 is 1. The van der Waals surface area contributed by atoms with Gasteiger partial charge in [0.1, 0.15) is 6.10 Å². The molecule has 1 aliphatic rings. The van der Waals surface area contributed by atoms with Gasteiger partial charge in [0.05, 0.1) is 5.69 Å². The number of Topliss-reactive ketones (excluding diaryl/α,β-unsaturated/α-hetero) is 1. The van der Waals surface area contributed by atoms with E-state index in [1.165, 1.54) is 21.0 Å². The molecule has 1 aromatic rings. The van der Waals surface area contributed by atoms with Crippen LogP contribution in [0.3, 0.4) is 0 Å². The molecule has 0 heterocycles. The van der Waals surface area contributed by atoms with Gasteiger partial charge < -0.3 is 4.74 Å². The van der Waals surface area contributed by atoms with Crippen LogP contribution in [0, 0.1) is 0 Å². The van der Waals surface area contributed by atoms with Crippen molar-refractivity contribution in [2.75, 3.05) is 12.0 Å². The first kappa shape index (κ1) is 14.4. The van der Waals surface area contributed by atoms with Crippen molar-refractivity contribution >= 4 is 23.3 Å². The van der Waals surface area contributed by atoms with Crippen LogP contribution in [0.5, 0.6) is 0 Å². The van der Waals surface area contributed by atoms with E-state index in [1.807, 2.05) is 6.07 Å². The largest absolute Gasteiger partial charge is 0.373 e. The molecule has 5 nitrogen and oxygen atoms in total. The summed E-state index contributed by atoms with van der Waals surface area (Å²) in [4.78, 5) is 36.9. The standard InChI is InChI=1S/C15H17NO4/c1-9(17)16(10(2)18)12-6-4-5-11-7-8-13(20-3)15(19)14(11)12/h4-6,13H,7-8H2,1-3H3. The van der Waals surface area contributed by atoms with Gasteiger partial charge in [-0.15, -0.1) is 0 Å². The van der Waals surface area contributed by atoms with Gasteiger partial charge in [0.15, 0.2) is 5.78 Å². The SMILES string of the molecule is COC1CCc2cccc(N(C(C)=O)C(C)=O)c2C1=O. The number of fused-ring (bicyclic) bond motifs is 1. The van der Waals surface area contributed by atoms with Gasteiger partial charge in [-0.3, -0.25) is 19.3 Å². The second-order valence-corrected chi connectivity index (χ2v) is 4.81. The third-order valence-corrected chi connectivity index (χ3v) is 3.50. The fourth-order valence-electron chi connectivity index (χ4n) is 2.63. The maximum atomic E-state index is 12.4. The number of anilines is 1. The topological polar surface area (TPSA) is 63.7 Å². The van der Waals surface area contributed by atoms with E-state index in [9.17, 15) is 14.4 Å². The quantitative estimate of drug-likeness (QED) is 0.824. The molecule has 0 saturated carbocycles. The van der Waals surface area contributed by atoms with E-state index >= 15 is 0 Å². The molecule has 1 unspecified atom stereocenters. The van der Waals surface area contributed by atoms with Crippen LogP contribution in [0.4, 0.5) is 5.69 Å². The van der Waals surface area contributed by atoms with E-state index in [-0.39, 0.29) is 5.78 Å². The maximum Gasteiger partial charge on any atom is 0.230 e. The van der Waals surface area contributed by atoms with Crippen molar-refractivity contribution < 1.29 is 19.1 Å². The van der Waals surface area contributed by atoms with Crippen LogP contribution < -0.4 is 4.90 Å². The van der Waals surface area contributed by atoms with Crippen molar-refractivity contribution in [2.45, 2.75) is 32.8 Å². The molecule has 1 aromatic carbocycles. The highest BCUT2D eigenvalue weighted by atomic mass is 16.5. The smallest absolute Gasteiger partial charge is 0.230 e. The van der Waals surface area contributed by atoms with Crippen molar-refractivity contribution in [1.82, 2.24) is 0 Å². The zero-order valence-corrected chi connectivity index (χ0v) is 11.8. The molecule has 2 amide bonds. The number of ether oxygens (including phenoxy) is 1. The number of rotatable bonds is 2. The van der Waals surface area contributed by atoms with E-state index in [1.54, 1.807) is 12.1 Å². The Hall–Kier alpha value is -2.01. The van der Waals surface area contributed by atoms with Gasteiger partial charge in [0, 0.05) is 26.5 Å². The van der Waals surface area contributed by atoms with Crippen molar-refractivity contribution in [3.63, 3.8) is 0 Å². The van der Waals surface area contributed by atoms with Crippen LogP contribution in [0.1, 0.15) is 36.2 Å². The lowest BCUT2D eigenvalue weighted by atomic mass is 9.87. The van der Waals surface area contributed by atoms with Gasteiger partial charge >= 0.3 is 0 Å². The monoisotopic (exact) mass is 275 g/mol. The van der Waals surface area contributed by atoms with Gasteiger partial charge in [-0.05, 0) is 24.5 Å². The van der Waals surface area contributed by atoms with Crippen molar-refractivity contribution in [1.29, 1.82) is 0 Å². The van der Waals surface area contributed by atoms with Crippen LogP contribution in [0.2, 0.25) is 0 Å². The predicted octanol–water partition coefficient (Wildman–Crippen LogP) is 1.73. The molecule has 0 bridgehead atoms. The molecule has 0 radical (unpaired) electrons. The van der Waals surface area contributed by atoms with Crippen molar-refractivity contribution in [3.05, 3.63) is 29.3 Å². The number of amides is 2. The molecule has 0 fully saturated rings. The molecular formula is C15H17NO4. The fraction of sp³-hybridized carbons (Fsp3) is 0.400. The number of carbonyl (C=O) groups is 3. The molecule has 0 N–H and O–H groups in total. The number of aryl methyl sites for hydroxylation is 1. The Morgan fingerprint density at radius 1 is 1.25 bits per heavy atom. The number of benzene rings is 1. The second kappa shape index (κ2) is 5.54. The number of carbonyl (C=O) groups excluding carboxylic acids is 3. The summed E-state index contributed by atoms with van der Waals surface area (Å²) >= 11 is 0. The second-order valence-electron chi connectivity index (χ2n) is 4.81. The first-order valence-corrected chi connectivity index (χ1v) is 6.47. The molecule has 20 heavy (non-hydrogen) atoms. The van der Waals surface area contributed by atoms with E-state index in [4.69, 9.17) is 4.74 Å². The lowest BCUT2D eigenvalue weighted by molar-refractivity contribution is -0.124. The van der Waals surface area contributed by atoms with Crippen LogP contribution in [-0.2, 0) is 20.7 Å². The van der Waals surface area contributed by atoms with Gasteiger partial charge in [-0.1, -0.05) is 12.1 Å². The summed E-state index contributed by atoms with van der Waals surface area (Å²) in [6.07, 6.45) is 0.799. The number of hydrogen-bond donors (Lipinski definition) is 0. The first-order chi connectivity index (χ1) is 9.47. The molecule has 2 rings (SSSR count). The van der Waals surface area contributed by atoms with E-state index in [0.29, 0.717) is 24.1 Å². The van der Waals surface area contributed by atoms with E-state index in [0.717, 1.165) is 10.5 Å². The average Bonchev–Trinajstić information content (AvgIpc) is 2.38. The van der Waals surface area contributed by atoms with Crippen LogP contribution in [0.25, 0.3) is 0 Å². The highest BCUT2D eigenvalue weighted by Crippen LogP contribution is 2.31. The minimum Gasteiger partial charge on any atom is -0.373 e. The Balaban J connectivity index is 2.59. The Kier molecular flexibility index (Phi) is 3.99.